The van der Waals surface area contributed by atoms with Gasteiger partial charge in [-0.2, -0.15) is 11.3 Å². The summed E-state index contributed by atoms with van der Waals surface area (Å²) >= 11 is 1.59. The van der Waals surface area contributed by atoms with Crippen LogP contribution in [0.1, 0.15) is 30.9 Å². The van der Waals surface area contributed by atoms with Crippen LogP contribution in [0.15, 0.2) is 35.5 Å². The van der Waals surface area contributed by atoms with Crippen LogP contribution in [0.25, 0.3) is 0 Å². The summed E-state index contributed by atoms with van der Waals surface area (Å²) in [6.45, 7) is 0. The minimum absolute atomic E-state index is 0.00676. The van der Waals surface area contributed by atoms with Gasteiger partial charge in [0.25, 0.3) is 0 Å². The SMILES string of the molecule is O=C(Cc1ccsc1)N[C@@H]1CCC[C@@H](n2ccnc2)[C@@H]1O. The van der Waals surface area contributed by atoms with E-state index in [9.17, 15) is 9.90 Å². The van der Waals surface area contributed by atoms with E-state index >= 15 is 0 Å². The molecule has 2 aromatic heterocycles. The Kier molecular flexibility index (Phi) is 4.36. The lowest BCUT2D eigenvalue weighted by Crippen LogP contribution is -2.49. The lowest BCUT2D eigenvalue weighted by Gasteiger charge is -2.35. The highest BCUT2D eigenvalue weighted by atomic mass is 32.1. The monoisotopic (exact) mass is 305 g/mol. The summed E-state index contributed by atoms with van der Waals surface area (Å²) in [5.41, 5.74) is 1.02. The first-order chi connectivity index (χ1) is 10.2. The van der Waals surface area contributed by atoms with E-state index in [1.807, 2.05) is 27.6 Å². The van der Waals surface area contributed by atoms with E-state index in [1.165, 1.54) is 0 Å². The highest BCUT2D eigenvalue weighted by Crippen LogP contribution is 2.28. The average Bonchev–Trinajstić information content (AvgIpc) is 3.14. The third kappa shape index (κ3) is 3.33. The average molecular weight is 305 g/mol. The van der Waals surface area contributed by atoms with E-state index in [2.05, 4.69) is 10.3 Å². The maximum Gasteiger partial charge on any atom is 0.224 e. The van der Waals surface area contributed by atoms with Crippen LogP contribution >= 0.6 is 11.3 Å². The molecule has 1 amide bonds. The smallest absolute Gasteiger partial charge is 0.224 e. The molecule has 6 heteroatoms. The number of hydrogen-bond donors (Lipinski definition) is 2. The fourth-order valence-corrected chi connectivity index (χ4v) is 3.61. The lowest BCUT2D eigenvalue weighted by molar-refractivity contribution is -0.122. The molecule has 112 valence electrons. The van der Waals surface area contributed by atoms with E-state index in [4.69, 9.17) is 0 Å². The molecule has 21 heavy (non-hydrogen) atoms. The van der Waals surface area contributed by atoms with Crippen LogP contribution in [-0.2, 0) is 11.2 Å². The number of carbonyl (C=O) groups is 1. The Balaban J connectivity index is 1.61. The first kappa shape index (κ1) is 14.3. The van der Waals surface area contributed by atoms with Crippen molar-refractivity contribution in [1.29, 1.82) is 0 Å². The molecule has 0 aliphatic heterocycles. The normalized spacial score (nSPS) is 25.7. The number of rotatable bonds is 4. The minimum atomic E-state index is -0.570. The van der Waals surface area contributed by atoms with Crippen molar-refractivity contribution in [2.45, 2.75) is 43.9 Å². The third-order valence-electron chi connectivity index (χ3n) is 4.02. The molecule has 0 bridgehead atoms. The Labute approximate surface area is 127 Å². The number of nitrogens with zero attached hydrogens (tertiary/aromatic N) is 2. The molecule has 2 aromatic rings. The molecule has 0 aromatic carbocycles. The van der Waals surface area contributed by atoms with E-state index in [-0.39, 0.29) is 18.0 Å². The van der Waals surface area contributed by atoms with E-state index in [0.29, 0.717) is 6.42 Å². The lowest BCUT2D eigenvalue weighted by atomic mass is 9.87. The summed E-state index contributed by atoms with van der Waals surface area (Å²) in [5, 5.41) is 17.4. The summed E-state index contributed by atoms with van der Waals surface area (Å²) in [5.74, 6) is -0.0243. The van der Waals surface area contributed by atoms with Gasteiger partial charge in [0.15, 0.2) is 0 Å². The van der Waals surface area contributed by atoms with Gasteiger partial charge in [-0.3, -0.25) is 4.79 Å². The molecule has 0 radical (unpaired) electrons. The Hall–Kier alpha value is -1.66. The molecule has 2 N–H and O–H groups in total. The van der Waals surface area contributed by atoms with Crippen LogP contribution in [-0.4, -0.2) is 32.7 Å². The van der Waals surface area contributed by atoms with Gasteiger partial charge >= 0.3 is 0 Å². The molecule has 0 unspecified atom stereocenters. The predicted molar refractivity (Wildman–Crippen MR) is 81.1 cm³/mol. The number of thiophene rings is 1. The van der Waals surface area contributed by atoms with Gasteiger partial charge < -0.3 is 15.0 Å². The molecule has 3 rings (SSSR count). The van der Waals surface area contributed by atoms with Gasteiger partial charge in [-0.1, -0.05) is 0 Å². The zero-order chi connectivity index (χ0) is 14.7. The van der Waals surface area contributed by atoms with Gasteiger partial charge in [0.1, 0.15) is 0 Å². The Morgan fingerprint density at radius 2 is 2.43 bits per heavy atom. The van der Waals surface area contributed by atoms with E-state index in [0.717, 1.165) is 24.8 Å². The second-order valence-corrected chi connectivity index (χ2v) is 6.26. The summed E-state index contributed by atoms with van der Waals surface area (Å²) in [7, 11) is 0. The molecule has 1 saturated carbocycles. The second kappa shape index (κ2) is 6.41. The number of aliphatic hydroxyl groups is 1. The molecule has 1 fully saturated rings. The van der Waals surface area contributed by atoms with Gasteiger partial charge in [-0.25, -0.2) is 4.98 Å². The number of hydrogen-bond acceptors (Lipinski definition) is 4. The number of amides is 1. The summed E-state index contributed by atoms with van der Waals surface area (Å²) in [6, 6.07) is 1.76. The maximum atomic E-state index is 12.1. The number of nitrogens with one attached hydrogen (secondary N) is 1. The van der Waals surface area contributed by atoms with Crippen LogP contribution < -0.4 is 5.32 Å². The zero-order valence-electron chi connectivity index (χ0n) is 11.7. The molecule has 3 atom stereocenters. The Bertz CT molecular complexity index is 568. The quantitative estimate of drug-likeness (QED) is 0.904. The van der Waals surface area contributed by atoms with Gasteiger partial charge in [0.05, 0.1) is 30.9 Å². The van der Waals surface area contributed by atoms with E-state index < -0.39 is 6.10 Å². The largest absolute Gasteiger partial charge is 0.389 e. The molecular weight excluding hydrogens is 286 g/mol. The molecule has 0 spiro atoms. The Morgan fingerprint density at radius 3 is 3.14 bits per heavy atom. The summed E-state index contributed by atoms with van der Waals surface area (Å²) in [6.07, 6.45) is 7.83. The van der Waals surface area contributed by atoms with Crippen LogP contribution in [0.4, 0.5) is 0 Å². The fraction of sp³-hybridized carbons (Fsp3) is 0.467. The van der Waals surface area contributed by atoms with Gasteiger partial charge in [-0.15, -0.1) is 0 Å². The fourth-order valence-electron chi connectivity index (χ4n) is 2.94. The molecule has 1 aliphatic carbocycles. The predicted octanol–water partition coefficient (Wildman–Crippen LogP) is 1.76. The second-order valence-electron chi connectivity index (χ2n) is 5.48. The number of aromatic nitrogens is 2. The van der Waals surface area contributed by atoms with Crippen LogP contribution in [0, 0.1) is 0 Å². The van der Waals surface area contributed by atoms with Gasteiger partial charge in [0, 0.05) is 12.4 Å². The number of aliphatic hydroxyl groups excluding tert-OH is 1. The maximum absolute atomic E-state index is 12.1. The van der Waals surface area contributed by atoms with Crippen molar-refractivity contribution in [3.63, 3.8) is 0 Å². The topological polar surface area (TPSA) is 67.2 Å². The number of carbonyl (C=O) groups excluding carboxylic acids is 1. The molecule has 0 saturated heterocycles. The van der Waals surface area contributed by atoms with Crippen LogP contribution in [0.3, 0.4) is 0 Å². The summed E-state index contributed by atoms with van der Waals surface area (Å²) in [4.78, 5) is 16.1. The Morgan fingerprint density at radius 1 is 1.52 bits per heavy atom. The van der Waals surface area contributed by atoms with Crippen molar-refractivity contribution in [1.82, 2.24) is 14.9 Å². The van der Waals surface area contributed by atoms with Crippen molar-refractivity contribution >= 4 is 17.2 Å². The van der Waals surface area contributed by atoms with Crippen molar-refractivity contribution in [3.8, 4) is 0 Å². The van der Waals surface area contributed by atoms with Crippen molar-refractivity contribution in [3.05, 3.63) is 41.1 Å². The van der Waals surface area contributed by atoms with Gasteiger partial charge in [-0.05, 0) is 41.7 Å². The van der Waals surface area contributed by atoms with Crippen molar-refractivity contribution < 1.29 is 9.90 Å². The molecule has 5 nitrogen and oxygen atoms in total. The molecular formula is C15H19N3O2S. The molecule has 2 heterocycles. The first-order valence-electron chi connectivity index (χ1n) is 7.20. The highest BCUT2D eigenvalue weighted by molar-refractivity contribution is 7.07. The highest BCUT2D eigenvalue weighted by Gasteiger charge is 2.33. The van der Waals surface area contributed by atoms with E-state index in [1.54, 1.807) is 23.9 Å². The first-order valence-corrected chi connectivity index (χ1v) is 8.14. The standard InChI is InChI=1S/C15H19N3O2S/c19-14(8-11-4-7-21-9-11)17-12-2-1-3-13(15(12)20)18-6-5-16-10-18/h4-7,9-10,12-13,15,20H,1-3,8H2,(H,17,19)/t12-,13-,15-/m1/s1. The van der Waals surface area contributed by atoms with Crippen LogP contribution in [0.2, 0.25) is 0 Å². The van der Waals surface area contributed by atoms with Crippen molar-refractivity contribution in [2.75, 3.05) is 0 Å². The zero-order valence-corrected chi connectivity index (χ0v) is 12.5. The summed E-state index contributed by atoms with van der Waals surface area (Å²) < 4.78 is 1.93. The van der Waals surface area contributed by atoms with Crippen molar-refractivity contribution in [2.24, 2.45) is 0 Å². The van der Waals surface area contributed by atoms with Crippen LogP contribution in [0.5, 0.6) is 0 Å². The minimum Gasteiger partial charge on any atom is -0.389 e. The number of imidazole rings is 1. The third-order valence-corrected chi connectivity index (χ3v) is 4.75. The molecule has 1 aliphatic rings. The van der Waals surface area contributed by atoms with Gasteiger partial charge in [0.2, 0.25) is 5.91 Å².